The van der Waals surface area contributed by atoms with E-state index in [0.717, 1.165) is 17.5 Å². The van der Waals surface area contributed by atoms with Crippen molar-refractivity contribution in [3.63, 3.8) is 0 Å². The highest BCUT2D eigenvalue weighted by Gasteiger charge is 2.37. The van der Waals surface area contributed by atoms with Gasteiger partial charge in [-0.3, -0.25) is 4.79 Å². The summed E-state index contributed by atoms with van der Waals surface area (Å²) in [7, 11) is 1.75. The first-order chi connectivity index (χ1) is 9.19. The number of nitrogens with zero attached hydrogens (tertiary/aromatic N) is 1. The fourth-order valence-electron chi connectivity index (χ4n) is 2.33. The largest absolute Gasteiger partial charge is 0.319 e. The number of nitrogens with one attached hydrogen (secondary N) is 1. The molecule has 3 rings (SSSR count). The van der Waals surface area contributed by atoms with Crippen LogP contribution in [0.5, 0.6) is 0 Å². The molecule has 1 heterocycles. The second kappa shape index (κ2) is 4.83. The highest BCUT2D eigenvalue weighted by atomic mass is 35.5. The van der Waals surface area contributed by atoms with Crippen molar-refractivity contribution < 1.29 is 0 Å². The molecule has 0 saturated heterocycles. The topological polar surface area (TPSA) is 34.0 Å². The van der Waals surface area contributed by atoms with Gasteiger partial charge in [0.15, 0.2) is 0 Å². The number of aromatic nitrogens is 1. The van der Waals surface area contributed by atoms with Crippen LogP contribution in [0.2, 0.25) is 0 Å². The van der Waals surface area contributed by atoms with E-state index >= 15 is 0 Å². The Labute approximate surface area is 116 Å². The summed E-state index contributed by atoms with van der Waals surface area (Å²) in [5.74, 6) is 0.523. The molecule has 0 radical (unpaired) electrons. The molecule has 4 heteroatoms. The summed E-state index contributed by atoms with van der Waals surface area (Å²) in [6, 6.07) is 12.4. The van der Waals surface area contributed by atoms with Crippen LogP contribution in [0.1, 0.15) is 17.9 Å². The average Bonchev–Trinajstić information content (AvgIpc) is 3.22. The Bertz CT molecular complexity index is 648. The summed E-state index contributed by atoms with van der Waals surface area (Å²) >= 11 is 5.62. The van der Waals surface area contributed by atoms with Gasteiger partial charge in [-0.05, 0) is 41.0 Å². The van der Waals surface area contributed by atoms with Gasteiger partial charge in [-0.2, -0.15) is 0 Å². The van der Waals surface area contributed by atoms with E-state index in [1.54, 1.807) is 23.9 Å². The molecule has 0 aliphatic heterocycles. The van der Waals surface area contributed by atoms with Gasteiger partial charge in [-0.1, -0.05) is 24.3 Å². The maximum absolute atomic E-state index is 11.6. The summed E-state index contributed by atoms with van der Waals surface area (Å²) in [5.41, 5.74) is 3.33. The molecule has 2 unspecified atom stereocenters. The second-order valence-corrected chi connectivity index (χ2v) is 5.26. The summed E-state index contributed by atoms with van der Waals surface area (Å²) < 4.78 is 1.57. The molecule has 0 amide bonds. The van der Waals surface area contributed by atoms with Crippen LogP contribution in [0.25, 0.3) is 11.1 Å². The van der Waals surface area contributed by atoms with Gasteiger partial charge in [0, 0.05) is 31.3 Å². The van der Waals surface area contributed by atoms with Gasteiger partial charge in [0.2, 0.25) is 0 Å². The average molecular weight is 275 g/mol. The van der Waals surface area contributed by atoms with Crippen LogP contribution < -0.4 is 10.4 Å². The van der Waals surface area contributed by atoms with Crippen LogP contribution in [-0.2, 0) is 7.05 Å². The number of halogens is 1. The van der Waals surface area contributed by atoms with Crippen molar-refractivity contribution in [1.82, 2.24) is 9.40 Å². The van der Waals surface area contributed by atoms with Gasteiger partial charge in [0.1, 0.15) is 0 Å². The highest BCUT2D eigenvalue weighted by Crippen LogP contribution is 2.41. The molecule has 1 aromatic carbocycles. The van der Waals surface area contributed by atoms with Crippen molar-refractivity contribution >= 4 is 11.8 Å². The van der Waals surface area contributed by atoms with Crippen molar-refractivity contribution in [2.45, 2.75) is 18.4 Å². The Morgan fingerprint density at radius 3 is 2.53 bits per heavy atom. The van der Waals surface area contributed by atoms with Crippen LogP contribution in [-0.4, -0.2) is 10.6 Å². The number of pyridine rings is 1. The molecule has 1 N–H and O–H groups in total. The van der Waals surface area contributed by atoms with Crippen LogP contribution in [0.15, 0.2) is 47.4 Å². The zero-order valence-corrected chi connectivity index (χ0v) is 11.4. The zero-order valence-electron chi connectivity index (χ0n) is 10.6. The van der Waals surface area contributed by atoms with Crippen molar-refractivity contribution in [1.29, 1.82) is 0 Å². The first-order valence-electron chi connectivity index (χ1n) is 6.32. The second-order valence-electron chi connectivity index (χ2n) is 5.04. The van der Waals surface area contributed by atoms with Crippen molar-refractivity contribution in [3.8, 4) is 11.1 Å². The smallest absolute Gasteiger partial charge is 0.250 e. The molecule has 1 aromatic heterocycles. The van der Waals surface area contributed by atoms with Crippen LogP contribution >= 0.6 is 11.8 Å². The van der Waals surface area contributed by atoms with E-state index in [4.69, 9.17) is 11.8 Å². The van der Waals surface area contributed by atoms with Crippen LogP contribution in [0, 0.1) is 0 Å². The van der Waals surface area contributed by atoms with Crippen LogP contribution in [0.3, 0.4) is 0 Å². The normalized spacial score (nSPS) is 21.4. The van der Waals surface area contributed by atoms with E-state index in [1.807, 2.05) is 6.07 Å². The lowest BCUT2D eigenvalue weighted by Crippen LogP contribution is -2.14. The van der Waals surface area contributed by atoms with Crippen LogP contribution in [0.4, 0.5) is 0 Å². The lowest BCUT2D eigenvalue weighted by atomic mass is 10.0. The van der Waals surface area contributed by atoms with E-state index < -0.39 is 0 Å². The van der Waals surface area contributed by atoms with Gasteiger partial charge in [-0.15, -0.1) is 0 Å². The first-order valence-corrected chi connectivity index (χ1v) is 6.70. The standard InChI is InChI=1S/C15H15ClN2O/c1-18-7-6-12(8-15(18)19)10-2-4-11(5-3-10)13-9-14(13)17-16/h2-8,13-14,17H,9H2,1H3. The molecule has 19 heavy (non-hydrogen) atoms. The highest BCUT2D eigenvalue weighted by molar-refractivity contribution is 6.13. The lowest BCUT2D eigenvalue weighted by Gasteiger charge is -2.05. The molecule has 98 valence electrons. The zero-order chi connectivity index (χ0) is 13.4. The van der Waals surface area contributed by atoms with Crippen molar-refractivity contribution in [2.24, 2.45) is 7.05 Å². The quantitative estimate of drug-likeness (QED) is 0.873. The summed E-state index contributed by atoms with van der Waals surface area (Å²) in [5, 5.41) is 0. The van der Waals surface area contributed by atoms with Gasteiger partial charge < -0.3 is 4.57 Å². The fourth-order valence-corrected chi connectivity index (χ4v) is 2.58. The lowest BCUT2D eigenvalue weighted by molar-refractivity contribution is 0.861. The summed E-state index contributed by atoms with van der Waals surface area (Å²) in [6.45, 7) is 0. The summed E-state index contributed by atoms with van der Waals surface area (Å²) in [6.07, 6.45) is 2.88. The molecule has 1 aliphatic rings. The van der Waals surface area contributed by atoms with Crippen molar-refractivity contribution in [3.05, 3.63) is 58.5 Å². The Morgan fingerprint density at radius 1 is 1.21 bits per heavy atom. The number of aryl methyl sites for hydroxylation is 1. The SMILES string of the molecule is Cn1ccc(-c2ccc(C3CC3NCl)cc2)cc1=O. The van der Waals surface area contributed by atoms with Gasteiger partial charge in [0.25, 0.3) is 5.56 Å². The van der Waals surface area contributed by atoms with E-state index in [0.29, 0.717) is 12.0 Å². The Balaban J connectivity index is 1.86. The van der Waals surface area contributed by atoms with Gasteiger partial charge in [-0.25, -0.2) is 4.84 Å². The Morgan fingerprint density at radius 2 is 1.95 bits per heavy atom. The molecule has 3 nitrogen and oxygen atoms in total. The maximum atomic E-state index is 11.6. The number of hydrogen-bond donors (Lipinski definition) is 1. The fraction of sp³-hybridized carbons (Fsp3) is 0.267. The van der Waals surface area contributed by atoms with E-state index in [2.05, 4.69) is 29.1 Å². The summed E-state index contributed by atoms with van der Waals surface area (Å²) in [4.78, 5) is 14.4. The molecule has 2 atom stereocenters. The van der Waals surface area contributed by atoms with E-state index in [9.17, 15) is 4.79 Å². The number of hydrogen-bond acceptors (Lipinski definition) is 2. The predicted molar refractivity (Wildman–Crippen MR) is 77.3 cm³/mol. The Kier molecular flexibility index (Phi) is 3.17. The molecule has 1 saturated carbocycles. The monoisotopic (exact) mass is 274 g/mol. The molecular formula is C15H15ClN2O. The minimum absolute atomic E-state index is 0.00942. The molecule has 0 bridgehead atoms. The van der Waals surface area contributed by atoms with E-state index in [1.165, 1.54) is 5.56 Å². The minimum atomic E-state index is 0.00942. The van der Waals surface area contributed by atoms with Crippen molar-refractivity contribution in [2.75, 3.05) is 0 Å². The molecule has 2 aromatic rings. The third kappa shape index (κ3) is 2.44. The Hall–Kier alpha value is -1.58. The van der Waals surface area contributed by atoms with E-state index in [-0.39, 0.29) is 5.56 Å². The van der Waals surface area contributed by atoms with Gasteiger partial charge >= 0.3 is 0 Å². The first kappa shape index (κ1) is 12.5. The predicted octanol–water partition coefficient (Wildman–Crippen LogP) is 2.65. The molecular weight excluding hydrogens is 260 g/mol. The van der Waals surface area contributed by atoms with Gasteiger partial charge in [0.05, 0.1) is 0 Å². The molecule has 0 spiro atoms. The molecule has 1 aliphatic carbocycles. The third-order valence-corrected chi connectivity index (χ3v) is 3.99. The molecule has 1 fully saturated rings. The number of benzene rings is 1. The third-order valence-electron chi connectivity index (χ3n) is 3.71. The maximum Gasteiger partial charge on any atom is 0.250 e. The number of rotatable bonds is 3. The minimum Gasteiger partial charge on any atom is -0.319 e.